The number of thioether (sulfide) groups is 1. The molecule has 3 rings (SSSR count). The molecule has 1 atom stereocenters. The van der Waals surface area contributed by atoms with Gasteiger partial charge in [-0.05, 0) is 39.1 Å². The number of hydrogen-bond acceptors (Lipinski definition) is 6. The number of carbonyl (C=O) groups excluding carboxylic acids is 1. The zero-order valence-electron chi connectivity index (χ0n) is 15.9. The Morgan fingerprint density at radius 1 is 1.30 bits per heavy atom. The smallest absolute Gasteiger partial charge is 0.263 e. The van der Waals surface area contributed by atoms with Crippen LogP contribution in [0.1, 0.15) is 27.7 Å². The molecule has 0 aliphatic heterocycles. The highest BCUT2D eigenvalue weighted by molar-refractivity contribution is 8.00. The third kappa shape index (κ3) is 3.83. The van der Waals surface area contributed by atoms with Gasteiger partial charge in [-0.3, -0.25) is 14.2 Å². The number of carbonyl (C=O) groups is 1. The minimum absolute atomic E-state index is 0.0304. The minimum Gasteiger partial charge on any atom is -0.342 e. The van der Waals surface area contributed by atoms with Crippen molar-refractivity contribution in [2.75, 3.05) is 13.1 Å². The molecule has 0 aliphatic rings. The molecule has 0 radical (unpaired) electrons. The molecule has 3 aromatic rings. The van der Waals surface area contributed by atoms with Crippen molar-refractivity contribution in [2.45, 2.75) is 44.6 Å². The Labute approximate surface area is 171 Å². The largest absolute Gasteiger partial charge is 0.342 e. The highest BCUT2D eigenvalue weighted by atomic mass is 32.2. The van der Waals surface area contributed by atoms with Gasteiger partial charge in [0.1, 0.15) is 4.83 Å². The van der Waals surface area contributed by atoms with Crippen LogP contribution in [0.25, 0.3) is 20.7 Å². The van der Waals surface area contributed by atoms with Gasteiger partial charge in [-0.15, -0.1) is 22.7 Å². The van der Waals surface area contributed by atoms with Gasteiger partial charge in [0, 0.05) is 35.5 Å². The Morgan fingerprint density at radius 2 is 2.04 bits per heavy atom. The van der Waals surface area contributed by atoms with E-state index in [0.29, 0.717) is 30.2 Å². The molecule has 0 spiro atoms. The molecule has 1 amide bonds. The number of fused-ring (bicyclic) bond motifs is 1. The van der Waals surface area contributed by atoms with Gasteiger partial charge in [-0.2, -0.15) is 0 Å². The van der Waals surface area contributed by atoms with Gasteiger partial charge in [0.25, 0.3) is 5.56 Å². The fourth-order valence-corrected chi connectivity index (χ4v) is 5.85. The lowest BCUT2D eigenvalue weighted by Gasteiger charge is -2.22. The predicted octanol–water partition coefficient (Wildman–Crippen LogP) is 4.56. The maximum absolute atomic E-state index is 13.2. The maximum atomic E-state index is 13.2. The summed E-state index contributed by atoms with van der Waals surface area (Å²) in [5.74, 6) is 0.0763. The molecule has 0 saturated carbocycles. The summed E-state index contributed by atoms with van der Waals surface area (Å²) in [6, 6.07) is 4.01. The van der Waals surface area contributed by atoms with Gasteiger partial charge in [0.15, 0.2) is 5.16 Å². The monoisotopic (exact) mass is 421 g/mol. The molecule has 0 N–H and O–H groups in total. The molecule has 0 aliphatic carbocycles. The van der Waals surface area contributed by atoms with E-state index >= 15 is 0 Å². The average Bonchev–Trinajstić information content (AvgIpc) is 3.32. The highest BCUT2D eigenvalue weighted by Crippen LogP contribution is 2.35. The fourth-order valence-electron chi connectivity index (χ4n) is 2.99. The van der Waals surface area contributed by atoms with Gasteiger partial charge in [0.2, 0.25) is 5.91 Å². The topological polar surface area (TPSA) is 55.2 Å². The van der Waals surface area contributed by atoms with Crippen LogP contribution in [0.3, 0.4) is 0 Å². The quantitative estimate of drug-likeness (QED) is 0.415. The first-order valence-corrected chi connectivity index (χ1v) is 11.7. The summed E-state index contributed by atoms with van der Waals surface area (Å²) in [6.45, 7) is 9.66. The third-order valence-corrected chi connectivity index (χ3v) is 7.32. The minimum atomic E-state index is -0.288. The Kier molecular flexibility index (Phi) is 6.39. The van der Waals surface area contributed by atoms with Crippen LogP contribution in [-0.2, 0) is 11.3 Å². The molecule has 0 fully saturated rings. The van der Waals surface area contributed by atoms with Crippen LogP contribution in [0, 0.1) is 0 Å². The molecule has 5 nitrogen and oxygen atoms in total. The van der Waals surface area contributed by atoms with Crippen LogP contribution in [0.15, 0.2) is 32.8 Å². The number of thiophene rings is 2. The molecule has 0 aromatic carbocycles. The van der Waals surface area contributed by atoms with E-state index in [4.69, 9.17) is 4.98 Å². The standard InChI is InChI=1S/C19H23N3O2S3/c1-5-21(6-2)17(23)12(4)27-19-20-16-15(18(24)22(19)7-3)13(11-26-16)14-9-8-10-25-14/h8-12H,5-7H2,1-4H3. The molecule has 8 heteroatoms. The lowest BCUT2D eigenvalue weighted by atomic mass is 10.2. The molecular formula is C19H23N3O2S3. The number of amides is 1. The van der Waals surface area contributed by atoms with Crippen LogP contribution in [0.5, 0.6) is 0 Å². The first kappa shape index (κ1) is 20.1. The molecule has 27 heavy (non-hydrogen) atoms. The zero-order valence-corrected chi connectivity index (χ0v) is 18.3. The van der Waals surface area contributed by atoms with Crippen LogP contribution in [0.2, 0.25) is 0 Å². The van der Waals surface area contributed by atoms with Gasteiger partial charge in [-0.1, -0.05) is 17.8 Å². The van der Waals surface area contributed by atoms with E-state index in [1.807, 2.05) is 55.5 Å². The van der Waals surface area contributed by atoms with Crippen molar-refractivity contribution in [2.24, 2.45) is 0 Å². The summed E-state index contributed by atoms with van der Waals surface area (Å²) < 4.78 is 1.68. The van der Waals surface area contributed by atoms with E-state index < -0.39 is 0 Å². The predicted molar refractivity (Wildman–Crippen MR) is 116 cm³/mol. The summed E-state index contributed by atoms with van der Waals surface area (Å²) in [5.41, 5.74) is 0.922. The van der Waals surface area contributed by atoms with Gasteiger partial charge in [-0.25, -0.2) is 4.98 Å². The average molecular weight is 422 g/mol. The number of nitrogens with zero attached hydrogens (tertiary/aromatic N) is 3. The maximum Gasteiger partial charge on any atom is 0.263 e. The van der Waals surface area contributed by atoms with Crippen molar-refractivity contribution >= 4 is 50.6 Å². The second-order valence-electron chi connectivity index (χ2n) is 6.02. The number of hydrogen-bond donors (Lipinski definition) is 0. The summed E-state index contributed by atoms with van der Waals surface area (Å²) in [7, 11) is 0. The normalized spacial score (nSPS) is 12.4. The van der Waals surface area contributed by atoms with Gasteiger partial charge in [0.05, 0.1) is 10.6 Å². The van der Waals surface area contributed by atoms with Crippen LogP contribution < -0.4 is 5.56 Å². The summed E-state index contributed by atoms with van der Waals surface area (Å²) in [5, 5.41) is 5.02. The van der Waals surface area contributed by atoms with E-state index in [0.717, 1.165) is 15.3 Å². The zero-order chi connectivity index (χ0) is 19.6. The summed E-state index contributed by atoms with van der Waals surface area (Å²) in [4.78, 5) is 34.2. The Bertz CT molecular complexity index is 988. The Balaban J connectivity index is 2.02. The van der Waals surface area contributed by atoms with Crippen molar-refractivity contribution in [1.29, 1.82) is 0 Å². The molecule has 1 unspecified atom stereocenters. The molecular weight excluding hydrogens is 398 g/mol. The first-order valence-electron chi connectivity index (χ1n) is 9.03. The second kappa shape index (κ2) is 8.58. The van der Waals surface area contributed by atoms with Crippen molar-refractivity contribution in [3.63, 3.8) is 0 Å². The van der Waals surface area contributed by atoms with E-state index in [-0.39, 0.29) is 16.7 Å². The van der Waals surface area contributed by atoms with E-state index in [2.05, 4.69) is 0 Å². The molecule has 0 bridgehead atoms. The van der Waals surface area contributed by atoms with Crippen molar-refractivity contribution < 1.29 is 4.79 Å². The number of rotatable bonds is 7. The highest BCUT2D eigenvalue weighted by Gasteiger charge is 2.23. The van der Waals surface area contributed by atoms with E-state index in [1.54, 1.807) is 15.9 Å². The molecule has 3 heterocycles. The van der Waals surface area contributed by atoms with Crippen LogP contribution in [0.4, 0.5) is 0 Å². The van der Waals surface area contributed by atoms with E-state index in [1.165, 1.54) is 23.1 Å². The van der Waals surface area contributed by atoms with Crippen LogP contribution >= 0.6 is 34.4 Å². The lowest BCUT2D eigenvalue weighted by Crippen LogP contribution is -2.36. The van der Waals surface area contributed by atoms with Crippen molar-refractivity contribution in [1.82, 2.24) is 14.5 Å². The molecule has 0 saturated heterocycles. The molecule has 3 aromatic heterocycles. The van der Waals surface area contributed by atoms with Crippen LogP contribution in [-0.4, -0.2) is 38.7 Å². The first-order chi connectivity index (χ1) is 13.0. The van der Waals surface area contributed by atoms with Crippen molar-refractivity contribution in [3.05, 3.63) is 33.2 Å². The lowest BCUT2D eigenvalue weighted by molar-refractivity contribution is -0.129. The third-order valence-electron chi connectivity index (χ3n) is 4.47. The Morgan fingerprint density at radius 3 is 2.63 bits per heavy atom. The van der Waals surface area contributed by atoms with Gasteiger partial charge < -0.3 is 4.90 Å². The number of aromatic nitrogens is 2. The second-order valence-corrected chi connectivity index (χ2v) is 9.13. The summed E-state index contributed by atoms with van der Waals surface area (Å²) >= 11 is 4.47. The van der Waals surface area contributed by atoms with E-state index in [9.17, 15) is 9.59 Å². The van der Waals surface area contributed by atoms with Crippen molar-refractivity contribution in [3.8, 4) is 10.4 Å². The summed E-state index contributed by atoms with van der Waals surface area (Å²) in [6.07, 6.45) is 0. The van der Waals surface area contributed by atoms with Gasteiger partial charge >= 0.3 is 0 Å². The SMILES string of the molecule is CCN(CC)C(=O)C(C)Sc1nc2scc(-c3cccs3)c2c(=O)n1CC. The molecule has 144 valence electrons. The Hall–Kier alpha value is -1.64. The fraction of sp³-hybridized carbons (Fsp3) is 0.421.